The third kappa shape index (κ3) is 5.84. The molecule has 122 valence electrons. The standard InChI is InChI=1S/C17H19NO4S/c1-14(18-21-12-13-22-23(2,19)20)15-8-10-17(11-9-15)16-6-4-3-5-7-16/h3-11H,12-13H2,1-2H3/b18-14-. The SMILES string of the molecule is C/C(=N/OCCOS(C)(=O)=O)c1ccc(-c2ccccc2)cc1. The lowest BCUT2D eigenvalue weighted by Crippen LogP contribution is -2.08. The van der Waals surface area contributed by atoms with Crippen LogP contribution in [0.3, 0.4) is 0 Å². The second-order valence-electron chi connectivity index (χ2n) is 4.98. The Balaban J connectivity index is 1.92. The molecule has 2 rings (SSSR count). The summed E-state index contributed by atoms with van der Waals surface area (Å²) in [5.41, 5.74) is 3.94. The zero-order chi connectivity index (χ0) is 16.7. The molecule has 0 saturated carbocycles. The first kappa shape index (κ1) is 17.2. The van der Waals surface area contributed by atoms with Gasteiger partial charge in [0.1, 0.15) is 13.2 Å². The molecule has 0 fully saturated rings. The first-order valence-corrected chi connectivity index (χ1v) is 8.94. The summed E-state index contributed by atoms with van der Waals surface area (Å²) in [5, 5.41) is 3.96. The highest BCUT2D eigenvalue weighted by Crippen LogP contribution is 2.19. The van der Waals surface area contributed by atoms with Gasteiger partial charge >= 0.3 is 0 Å². The highest BCUT2D eigenvalue weighted by atomic mass is 32.2. The Labute approximate surface area is 136 Å². The van der Waals surface area contributed by atoms with E-state index in [0.717, 1.165) is 22.9 Å². The van der Waals surface area contributed by atoms with Crippen molar-refractivity contribution in [2.45, 2.75) is 6.92 Å². The van der Waals surface area contributed by atoms with Crippen LogP contribution in [0.5, 0.6) is 0 Å². The van der Waals surface area contributed by atoms with E-state index < -0.39 is 10.1 Å². The van der Waals surface area contributed by atoms with Gasteiger partial charge in [-0.15, -0.1) is 0 Å². The van der Waals surface area contributed by atoms with Crippen LogP contribution in [0, 0.1) is 0 Å². The van der Waals surface area contributed by atoms with Crippen LogP contribution in [-0.4, -0.2) is 33.6 Å². The molecule has 0 radical (unpaired) electrons. The lowest BCUT2D eigenvalue weighted by atomic mass is 10.0. The minimum Gasteiger partial charge on any atom is -0.393 e. The molecule has 2 aromatic carbocycles. The van der Waals surface area contributed by atoms with E-state index in [1.807, 2.05) is 49.4 Å². The van der Waals surface area contributed by atoms with Crippen LogP contribution in [-0.2, 0) is 19.1 Å². The van der Waals surface area contributed by atoms with Crippen LogP contribution < -0.4 is 0 Å². The van der Waals surface area contributed by atoms with Gasteiger partial charge in [0.15, 0.2) is 0 Å². The fraction of sp³-hybridized carbons (Fsp3) is 0.235. The molecule has 0 heterocycles. The summed E-state index contributed by atoms with van der Waals surface area (Å²) in [5.74, 6) is 0. The normalized spacial score (nSPS) is 12.2. The monoisotopic (exact) mass is 333 g/mol. The molecule has 0 amide bonds. The number of hydrogen-bond acceptors (Lipinski definition) is 5. The van der Waals surface area contributed by atoms with E-state index >= 15 is 0 Å². The van der Waals surface area contributed by atoms with Gasteiger partial charge in [0.2, 0.25) is 0 Å². The number of nitrogens with zero attached hydrogens (tertiary/aromatic N) is 1. The van der Waals surface area contributed by atoms with Crippen LogP contribution in [0.2, 0.25) is 0 Å². The number of benzene rings is 2. The van der Waals surface area contributed by atoms with Gasteiger partial charge in [-0.05, 0) is 23.6 Å². The fourth-order valence-electron chi connectivity index (χ4n) is 1.95. The van der Waals surface area contributed by atoms with Crippen molar-refractivity contribution in [1.29, 1.82) is 0 Å². The van der Waals surface area contributed by atoms with Crippen molar-refractivity contribution in [3.63, 3.8) is 0 Å². The van der Waals surface area contributed by atoms with Crippen LogP contribution in [0.25, 0.3) is 11.1 Å². The Bertz CT molecular complexity index is 753. The lowest BCUT2D eigenvalue weighted by molar-refractivity contribution is 0.109. The summed E-state index contributed by atoms with van der Waals surface area (Å²) in [6.07, 6.45) is 0.996. The minimum atomic E-state index is -3.44. The summed E-state index contributed by atoms with van der Waals surface area (Å²) in [6.45, 7) is 1.85. The maximum absolute atomic E-state index is 10.8. The van der Waals surface area contributed by atoms with Crippen LogP contribution >= 0.6 is 0 Å². The Hall–Kier alpha value is -2.18. The Morgan fingerprint density at radius 1 is 0.957 bits per heavy atom. The minimum absolute atomic E-state index is 0.0530. The smallest absolute Gasteiger partial charge is 0.264 e. The van der Waals surface area contributed by atoms with Gasteiger partial charge in [0, 0.05) is 0 Å². The molecule has 0 atom stereocenters. The van der Waals surface area contributed by atoms with Crippen LogP contribution in [0.1, 0.15) is 12.5 Å². The summed E-state index contributed by atoms with van der Waals surface area (Å²) < 4.78 is 26.1. The highest BCUT2D eigenvalue weighted by molar-refractivity contribution is 7.85. The fourth-order valence-corrected chi connectivity index (χ4v) is 2.32. The molecule has 0 aliphatic carbocycles. The molecule has 0 saturated heterocycles. The molecule has 0 aromatic heterocycles. The Kier molecular flexibility index (Phi) is 5.90. The van der Waals surface area contributed by atoms with Gasteiger partial charge < -0.3 is 4.84 Å². The van der Waals surface area contributed by atoms with E-state index in [9.17, 15) is 8.42 Å². The summed E-state index contributed by atoms with van der Waals surface area (Å²) in [6, 6.07) is 18.1. The van der Waals surface area contributed by atoms with Crippen molar-refractivity contribution in [3.8, 4) is 11.1 Å². The second-order valence-corrected chi connectivity index (χ2v) is 6.62. The predicted molar refractivity (Wildman–Crippen MR) is 90.8 cm³/mol. The maximum atomic E-state index is 10.8. The zero-order valence-corrected chi connectivity index (χ0v) is 13.9. The quantitative estimate of drug-likeness (QED) is 0.338. The number of rotatable bonds is 7. The van der Waals surface area contributed by atoms with Gasteiger partial charge in [-0.2, -0.15) is 8.42 Å². The molecule has 0 bridgehead atoms. The van der Waals surface area contributed by atoms with Crippen molar-refractivity contribution < 1.29 is 17.4 Å². The lowest BCUT2D eigenvalue weighted by Gasteiger charge is -2.05. The maximum Gasteiger partial charge on any atom is 0.264 e. The van der Waals surface area contributed by atoms with E-state index in [1.54, 1.807) is 0 Å². The third-order valence-corrected chi connectivity index (χ3v) is 3.68. The van der Waals surface area contributed by atoms with Crippen molar-refractivity contribution in [2.24, 2.45) is 5.16 Å². The Morgan fingerprint density at radius 2 is 1.57 bits per heavy atom. The summed E-state index contributed by atoms with van der Waals surface area (Å²) in [4.78, 5) is 5.06. The summed E-state index contributed by atoms with van der Waals surface area (Å²) in [7, 11) is -3.44. The van der Waals surface area contributed by atoms with Gasteiger partial charge in [0.05, 0.1) is 12.0 Å². The molecule has 2 aromatic rings. The first-order chi connectivity index (χ1) is 11.0. The molecular weight excluding hydrogens is 314 g/mol. The average Bonchev–Trinajstić information content (AvgIpc) is 2.54. The third-order valence-electron chi connectivity index (χ3n) is 3.08. The van der Waals surface area contributed by atoms with E-state index in [0.29, 0.717) is 5.71 Å². The molecule has 6 heteroatoms. The predicted octanol–water partition coefficient (Wildman–Crippen LogP) is 3.07. The molecular formula is C17H19NO4S. The van der Waals surface area contributed by atoms with Gasteiger partial charge in [-0.3, -0.25) is 4.18 Å². The molecule has 23 heavy (non-hydrogen) atoms. The van der Waals surface area contributed by atoms with E-state index in [-0.39, 0.29) is 13.2 Å². The molecule has 0 aliphatic rings. The zero-order valence-electron chi connectivity index (χ0n) is 13.1. The molecule has 0 aliphatic heterocycles. The first-order valence-electron chi connectivity index (χ1n) is 7.12. The van der Waals surface area contributed by atoms with Crippen molar-refractivity contribution >= 4 is 15.8 Å². The van der Waals surface area contributed by atoms with Crippen LogP contribution in [0.4, 0.5) is 0 Å². The molecule has 0 spiro atoms. The molecule has 5 nitrogen and oxygen atoms in total. The molecule has 0 unspecified atom stereocenters. The van der Waals surface area contributed by atoms with Gasteiger partial charge in [0.25, 0.3) is 10.1 Å². The van der Waals surface area contributed by atoms with Gasteiger partial charge in [-0.1, -0.05) is 59.8 Å². The van der Waals surface area contributed by atoms with Crippen LogP contribution in [0.15, 0.2) is 59.8 Å². The summed E-state index contributed by atoms with van der Waals surface area (Å²) >= 11 is 0. The molecule has 0 N–H and O–H groups in total. The van der Waals surface area contributed by atoms with E-state index in [2.05, 4.69) is 21.5 Å². The van der Waals surface area contributed by atoms with E-state index in [1.165, 1.54) is 0 Å². The Morgan fingerprint density at radius 3 is 2.17 bits per heavy atom. The highest BCUT2D eigenvalue weighted by Gasteiger charge is 2.02. The topological polar surface area (TPSA) is 65.0 Å². The largest absolute Gasteiger partial charge is 0.393 e. The van der Waals surface area contributed by atoms with Crippen molar-refractivity contribution in [1.82, 2.24) is 0 Å². The number of hydrogen-bond donors (Lipinski definition) is 0. The number of oxime groups is 1. The second kappa shape index (κ2) is 7.89. The average molecular weight is 333 g/mol. The van der Waals surface area contributed by atoms with Gasteiger partial charge in [-0.25, -0.2) is 0 Å². The van der Waals surface area contributed by atoms with E-state index in [4.69, 9.17) is 4.84 Å². The van der Waals surface area contributed by atoms with Crippen molar-refractivity contribution in [2.75, 3.05) is 19.5 Å². The van der Waals surface area contributed by atoms with Crippen molar-refractivity contribution in [3.05, 3.63) is 60.2 Å².